The highest BCUT2D eigenvalue weighted by atomic mass is 35.5. The summed E-state index contributed by atoms with van der Waals surface area (Å²) in [6.07, 6.45) is 2.13. The Kier molecular flexibility index (Phi) is 4.63. The number of rotatable bonds is 5. The van der Waals surface area contributed by atoms with E-state index in [2.05, 4.69) is 4.98 Å². The summed E-state index contributed by atoms with van der Waals surface area (Å²) >= 11 is 5.79. The zero-order valence-corrected chi connectivity index (χ0v) is 12.1. The quantitative estimate of drug-likeness (QED) is 0.793. The first-order chi connectivity index (χ1) is 9.65. The second-order valence-electron chi connectivity index (χ2n) is 4.17. The minimum Gasteiger partial charge on any atom is -0.497 e. The molecule has 1 aromatic heterocycles. The molecule has 0 saturated carbocycles. The molecule has 6 heteroatoms. The summed E-state index contributed by atoms with van der Waals surface area (Å²) in [6, 6.07) is 7.70. The lowest BCUT2D eigenvalue weighted by atomic mass is 10.1. The van der Waals surface area contributed by atoms with Crippen LogP contribution in [0, 0.1) is 0 Å². The smallest absolute Gasteiger partial charge is 0.297 e. The molecule has 20 heavy (non-hydrogen) atoms. The van der Waals surface area contributed by atoms with E-state index >= 15 is 0 Å². The Morgan fingerprint density at radius 3 is 2.50 bits per heavy atom. The monoisotopic (exact) mass is 294 g/mol. The van der Waals surface area contributed by atoms with Gasteiger partial charge in [-0.25, -0.2) is 4.98 Å². The van der Waals surface area contributed by atoms with Gasteiger partial charge in [0.25, 0.3) is 5.56 Å². The highest BCUT2D eigenvalue weighted by Gasteiger charge is 2.10. The van der Waals surface area contributed by atoms with E-state index in [0.717, 1.165) is 11.3 Å². The Balaban J connectivity index is 2.12. The van der Waals surface area contributed by atoms with Gasteiger partial charge in [-0.05, 0) is 24.1 Å². The SMILES string of the molecule is COc1ccc(CCn2cnc(Cl)c(OC)c2=O)cc1. The zero-order valence-electron chi connectivity index (χ0n) is 11.3. The number of aryl methyl sites for hydroxylation is 2. The molecule has 5 nitrogen and oxygen atoms in total. The van der Waals surface area contributed by atoms with Crippen LogP contribution < -0.4 is 15.0 Å². The highest BCUT2D eigenvalue weighted by Crippen LogP contribution is 2.15. The Morgan fingerprint density at radius 2 is 1.90 bits per heavy atom. The summed E-state index contributed by atoms with van der Waals surface area (Å²) in [6.45, 7) is 0.506. The number of nitrogens with zero attached hydrogens (tertiary/aromatic N) is 2. The van der Waals surface area contributed by atoms with Crippen LogP contribution in [0.25, 0.3) is 0 Å². The summed E-state index contributed by atoms with van der Waals surface area (Å²) in [5.41, 5.74) is 0.827. The number of aromatic nitrogens is 2. The van der Waals surface area contributed by atoms with Crippen molar-refractivity contribution in [3.63, 3.8) is 0 Å². The van der Waals surface area contributed by atoms with Crippen molar-refractivity contribution in [2.45, 2.75) is 13.0 Å². The van der Waals surface area contributed by atoms with Gasteiger partial charge in [0.15, 0.2) is 5.15 Å². The molecule has 0 amide bonds. The van der Waals surface area contributed by atoms with Gasteiger partial charge in [-0.15, -0.1) is 0 Å². The molecule has 0 aliphatic rings. The van der Waals surface area contributed by atoms with Gasteiger partial charge in [0.1, 0.15) is 5.75 Å². The van der Waals surface area contributed by atoms with Crippen LogP contribution in [-0.4, -0.2) is 23.8 Å². The van der Waals surface area contributed by atoms with Crippen molar-refractivity contribution in [2.75, 3.05) is 14.2 Å². The lowest BCUT2D eigenvalue weighted by molar-refractivity contribution is 0.399. The minimum absolute atomic E-state index is 0.0731. The predicted molar refractivity (Wildman–Crippen MR) is 76.8 cm³/mol. The summed E-state index contributed by atoms with van der Waals surface area (Å²) < 4.78 is 11.5. The van der Waals surface area contributed by atoms with Crippen molar-refractivity contribution in [3.8, 4) is 11.5 Å². The van der Waals surface area contributed by atoms with Gasteiger partial charge in [0.2, 0.25) is 5.75 Å². The van der Waals surface area contributed by atoms with Gasteiger partial charge in [0, 0.05) is 6.54 Å². The van der Waals surface area contributed by atoms with Crippen molar-refractivity contribution in [2.24, 2.45) is 0 Å². The van der Waals surface area contributed by atoms with Crippen molar-refractivity contribution in [1.82, 2.24) is 9.55 Å². The first-order valence-electron chi connectivity index (χ1n) is 6.07. The van der Waals surface area contributed by atoms with E-state index in [9.17, 15) is 4.79 Å². The van der Waals surface area contributed by atoms with E-state index in [1.807, 2.05) is 24.3 Å². The molecule has 0 N–H and O–H groups in total. The fourth-order valence-electron chi connectivity index (χ4n) is 1.82. The Morgan fingerprint density at radius 1 is 1.20 bits per heavy atom. The van der Waals surface area contributed by atoms with Crippen LogP contribution in [0.3, 0.4) is 0 Å². The van der Waals surface area contributed by atoms with Crippen molar-refractivity contribution in [3.05, 3.63) is 51.7 Å². The van der Waals surface area contributed by atoms with Crippen LogP contribution in [0.2, 0.25) is 5.15 Å². The number of hydrogen-bond donors (Lipinski definition) is 0. The van der Waals surface area contributed by atoms with Gasteiger partial charge in [-0.1, -0.05) is 23.7 Å². The van der Waals surface area contributed by atoms with E-state index in [-0.39, 0.29) is 16.5 Å². The summed E-state index contributed by atoms with van der Waals surface area (Å²) in [5.74, 6) is 0.879. The molecule has 0 radical (unpaired) electrons. The highest BCUT2D eigenvalue weighted by molar-refractivity contribution is 6.30. The third kappa shape index (κ3) is 3.11. The number of hydrogen-bond acceptors (Lipinski definition) is 4. The van der Waals surface area contributed by atoms with Gasteiger partial charge in [0.05, 0.1) is 20.5 Å². The van der Waals surface area contributed by atoms with Crippen molar-refractivity contribution in [1.29, 1.82) is 0 Å². The van der Waals surface area contributed by atoms with E-state index < -0.39 is 0 Å². The molecule has 2 aromatic rings. The normalized spacial score (nSPS) is 10.3. The van der Waals surface area contributed by atoms with Gasteiger partial charge in [-0.2, -0.15) is 0 Å². The Bertz CT molecular complexity index is 638. The molecular weight excluding hydrogens is 280 g/mol. The van der Waals surface area contributed by atoms with Crippen LogP contribution in [0.4, 0.5) is 0 Å². The average molecular weight is 295 g/mol. The van der Waals surface area contributed by atoms with Gasteiger partial charge >= 0.3 is 0 Å². The van der Waals surface area contributed by atoms with Gasteiger partial charge in [-0.3, -0.25) is 9.36 Å². The molecule has 0 saturated heterocycles. The van der Waals surface area contributed by atoms with E-state index in [1.165, 1.54) is 18.0 Å². The second kappa shape index (κ2) is 6.43. The third-order valence-corrected chi connectivity index (χ3v) is 3.23. The Labute approximate surface area is 121 Å². The molecule has 0 unspecified atom stereocenters. The van der Waals surface area contributed by atoms with E-state index in [0.29, 0.717) is 13.0 Å². The number of methoxy groups -OCH3 is 2. The van der Waals surface area contributed by atoms with Crippen LogP contribution >= 0.6 is 11.6 Å². The maximum atomic E-state index is 12.0. The van der Waals surface area contributed by atoms with Gasteiger partial charge < -0.3 is 9.47 Å². The molecule has 1 aromatic carbocycles. The summed E-state index contributed by atoms with van der Waals surface area (Å²) in [7, 11) is 3.03. The largest absolute Gasteiger partial charge is 0.497 e. The van der Waals surface area contributed by atoms with Crippen molar-refractivity contribution < 1.29 is 9.47 Å². The summed E-state index contributed by atoms with van der Waals surface area (Å²) in [4.78, 5) is 16.0. The lowest BCUT2D eigenvalue weighted by Crippen LogP contribution is -2.23. The predicted octanol–water partition coefficient (Wildman–Crippen LogP) is 2.16. The molecule has 0 spiro atoms. The van der Waals surface area contributed by atoms with Crippen molar-refractivity contribution >= 4 is 11.6 Å². The maximum Gasteiger partial charge on any atom is 0.297 e. The number of benzene rings is 1. The fraction of sp³-hybridized carbons (Fsp3) is 0.286. The molecule has 2 rings (SSSR count). The molecular formula is C14H15ClN2O3. The average Bonchev–Trinajstić information content (AvgIpc) is 2.47. The Hall–Kier alpha value is -2.01. The third-order valence-electron chi connectivity index (χ3n) is 2.96. The molecule has 1 heterocycles. The van der Waals surface area contributed by atoms with E-state index in [4.69, 9.17) is 21.1 Å². The molecule has 0 aliphatic heterocycles. The topological polar surface area (TPSA) is 53.4 Å². The first-order valence-corrected chi connectivity index (χ1v) is 6.45. The lowest BCUT2D eigenvalue weighted by Gasteiger charge is -2.08. The summed E-state index contributed by atoms with van der Waals surface area (Å²) in [5, 5.41) is 0.0817. The number of ether oxygens (including phenoxy) is 2. The molecule has 106 valence electrons. The van der Waals surface area contributed by atoms with Crippen LogP contribution in [0.15, 0.2) is 35.4 Å². The molecule has 0 aliphatic carbocycles. The standard InChI is InChI=1S/C14H15ClN2O3/c1-19-11-5-3-10(4-6-11)7-8-17-9-16-13(15)12(20-2)14(17)18/h3-6,9H,7-8H2,1-2H3. The minimum atomic E-state index is -0.277. The van der Waals surface area contributed by atoms with Crippen LogP contribution in [-0.2, 0) is 13.0 Å². The fourth-order valence-corrected chi connectivity index (χ4v) is 2.02. The molecule has 0 atom stereocenters. The molecule has 0 bridgehead atoms. The van der Waals surface area contributed by atoms with Crippen LogP contribution in [0.1, 0.15) is 5.56 Å². The van der Waals surface area contributed by atoms with Crippen LogP contribution in [0.5, 0.6) is 11.5 Å². The number of halogens is 1. The first kappa shape index (κ1) is 14.4. The molecule has 0 fully saturated rings. The zero-order chi connectivity index (χ0) is 14.5. The second-order valence-corrected chi connectivity index (χ2v) is 4.52. The van der Waals surface area contributed by atoms with E-state index in [1.54, 1.807) is 7.11 Å². The maximum absolute atomic E-state index is 12.0.